The van der Waals surface area contributed by atoms with Crippen LogP contribution in [0, 0.1) is 6.92 Å². The molecule has 2 amide bonds. The van der Waals surface area contributed by atoms with Crippen molar-refractivity contribution in [2.24, 2.45) is 0 Å². The van der Waals surface area contributed by atoms with Gasteiger partial charge in [-0.3, -0.25) is 9.59 Å². The van der Waals surface area contributed by atoms with Crippen LogP contribution in [0.2, 0.25) is 0 Å². The first kappa shape index (κ1) is 18.2. The molecule has 5 nitrogen and oxygen atoms in total. The lowest BCUT2D eigenvalue weighted by molar-refractivity contribution is -0.129. The third-order valence-corrected chi connectivity index (χ3v) is 5.09. The topological polar surface area (TPSA) is 69.6 Å². The van der Waals surface area contributed by atoms with E-state index in [9.17, 15) is 14.7 Å². The quantitative estimate of drug-likeness (QED) is 0.796. The minimum atomic E-state index is -0.281. The van der Waals surface area contributed by atoms with Crippen molar-refractivity contribution in [2.75, 3.05) is 17.7 Å². The van der Waals surface area contributed by atoms with Crippen LogP contribution in [0.15, 0.2) is 53.4 Å². The lowest BCUT2D eigenvalue weighted by Gasteiger charge is -2.15. The van der Waals surface area contributed by atoms with Crippen molar-refractivity contribution in [3.8, 4) is 0 Å². The van der Waals surface area contributed by atoms with Gasteiger partial charge in [0.1, 0.15) is 6.54 Å². The molecule has 0 spiro atoms. The molecule has 26 heavy (non-hydrogen) atoms. The molecule has 6 heteroatoms. The Bertz CT molecular complexity index is 846. The summed E-state index contributed by atoms with van der Waals surface area (Å²) < 4.78 is 0. The van der Waals surface area contributed by atoms with Gasteiger partial charge in [0.05, 0.1) is 17.4 Å². The summed E-state index contributed by atoms with van der Waals surface area (Å²) in [6, 6.07) is 15.0. The Labute approximate surface area is 156 Å². The average molecular weight is 368 g/mol. The van der Waals surface area contributed by atoms with Gasteiger partial charge in [-0.15, -0.1) is 0 Å². The van der Waals surface area contributed by atoms with Crippen LogP contribution in [0.25, 0.3) is 6.08 Å². The van der Waals surface area contributed by atoms with Crippen molar-refractivity contribution in [3.63, 3.8) is 0 Å². The Morgan fingerprint density at radius 3 is 2.69 bits per heavy atom. The van der Waals surface area contributed by atoms with Crippen molar-refractivity contribution >= 4 is 35.3 Å². The summed E-state index contributed by atoms with van der Waals surface area (Å²) >= 11 is 1.43. The number of para-hydroxylation sites is 1. The number of amides is 2. The van der Waals surface area contributed by atoms with Gasteiger partial charge in [-0.05, 0) is 24.6 Å². The highest BCUT2D eigenvalue weighted by molar-refractivity contribution is 8.04. The number of nitrogens with zero attached hydrogens (tertiary/aromatic N) is 1. The molecule has 0 aromatic heterocycles. The minimum absolute atomic E-state index is 0.0170. The second-order valence-corrected chi connectivity index (χ2v) is 7.05. The molecule has 1 fully saturated rings. The number of hydrogen-bond acceptors (Lipinski definition) is 4. The van der Waals surface area contributed by atoms with Crippen molar-refractivity contribution in [2.45, 2.75) is 13.5 Å². The number of benzene rings is 2. The van der Waals surface area contributed by atoms with E-state index in [0.29, 0.717) is 22.0 Å². The number of aliphatic hydroxyl groups excluding tert-OH is 1. The Kier molecular flexibility index (Phi) is 5.75. The SMILES string of the molecule is Cc1ccc(C=C2SCN(CC(=O)Nc3ccccc3CO)C2=O)cc1. The van der Waals surface area contributed by atoms with Crippen molar-refractivity contribution < 1.29 is 14.7 Å². The molecular weight excluding hydrogens is 348 g/mol. The Morgan fingerprint density at radius 1 is 1.23 bits per heavy atom. The molecule has 0 radical (unpaired) electrons. The maximum Gasteiger partial charge on any atom is 0.261 e. The molecule has 0 bridgehead atoms. The third-order valence-electron chi connectivity index (χ3n) is 4.05. The largest absolute Gasteiger partial charge is 0.392 e. The summed E-state index contributed by atoms with van der Waals surface area (Å²) in [6.45, 7) is 1.84. The number of thioether (sulfide) groups is 1. The van der Waals surface area contributed by atoms with E-state index < -0.39 is 0 Å². The van der Waals surface area contributed by atoms with Crippen LogP contribution >= 0.6 is 11.8 Å². The van der Waals surface area contributed by atoms with Crippen LogP contribution in [0.5, 0.6) is 0 Å². The first-order valence-corrected chi connectivity index (χ1v) is 9.24. The predicted molar refractivity (Wildman–Crippen MR) is 104 cm³/mol. The molecule has 0 saturated carbocycles. The number of hydrogen-bond donors (Lipinski definition) is 2. The zero-order valence-electron chi connectivity index (χ0n) is 14.4. The summed E-state index contributed by atoms with van der Waals surface area (Å²) in [5, 5.41) is 12.1. The molecule has 2 aromatic rings. The van der Waals surface area contributed by atoms with Gasteiger partial charge in [0, 0.05) is 11.3 Å². The lowest BCUT2D eigenvalue weighted by Crippen LogP contribution is -2.34. The molecule has 2 N–H and O–H groups in total. The second-order valence-electron chi connectivity index (χ2n) is 6.06. The van der Waals surface area contributed by atoms with Gasteiger partial charge >= 0.3 is 0 Å². The molecule has 0 unspecified atom stereocenters. The zero-order chi connectivity index (χ0) is 18.5. The number of aliphatic hydroxyl groups is 1. The summed E-state index contributed by atoms with van der Waals surface area (Å²) in [7, 11) is 0. The molecule has 1 aliphatic rings. The van der Waals surface area contributed by atoms with Gasteiger partial charge in [0.25, 0.3) is 5.91 Å². The molecular formula is C20H20N2O3S. The molecule has 134 valence electrons. The van der Waals surface area contributed by atoms with E-state index in [1.807, 2.05) is 37.3 Å². The second kappa shape index (κ2) is 8.21. The zero-order valence-corrected chi connectivity index (χ0v) is 15.3. The van der Waals surface area contributed by atoms with E-state index in [2.05, 4.69) is 5.32 Å². The summed E-state index contributed by atoms with van der Waals surface area (Å²) in [5.41, 5.74) is 3.34. The van der Waals surface area contributed by atoms with Crippen LogP contribution in [0.3, 0.4) is 0 Å². The van der Waals surface area contributed by atoms with Crippen molar-refractivity contribution in [1.29, 1.82) is 0 Å². The number of carbonyl (C=O) groups excluding carboxylic acids is 2. The van der Waals surface area contributed by atoms with Gasteiger partial charge in [0.2, 0.25) is 5.91 Å². The van der Waals surface area contributed by atoms with E-state index in [1.54, 1.807) is 24.3 Å². The Morgan fingerprint density at radius 2 is 1.96 bits per heavy atom. The molecule has 1 heterocycles. The standard InChI is InChI=1S/C20H20N2O3S/c1-14-6-8-15(9-7-14)10-18-20(25)22(13-26-18)11-19(24)21-17-5-3-2-4-16(17)12-23/h2-10,23H,11-13H2,1H3,(H,21,24). The molecule has 0 aliphatic carbocycles. The van der Waals surface area contributed by atoms with E-state index in [-0.39, 0.29) is 25.0 Å². The fourth-order valence-corrected chi connectivity index (χ4v) is 3.58. The van der Waals surface area contributed by atoms with Gasteiger partial charge in [-0.2, -0.15) is 0 Å². The monoisotopic (exact) mass is 368 g/mol. The third kappa shape index (κ3) is 4.33. The summed E-state index contributed by atoms with van der Waals surface area (Å²) in [6.07, 6.45) is 1.85. The van der Waals surface area contributed by atoms with Crippen LogP contribution in [-0.2, 0) is 16.2 Å². The number of nitrogens with one attached hydrogen (secondary N) is 1. The number of carbonyl (C=O) groups is 2. The molecule has 2 aromatic carbocycles. The maximum atomic E-state index is 12.5. The number of rotatable bonds is 5. The van der Waals surface area contributed by atoms with Crippen molar-refractivity contribution in [3.05, 3.63) is 70.1 Å². The summed E-state index contributed by atoms with van der Waals surface area (Å²) in [4.78, 5) is 26.9. The first-order chi connectivity index (χ1) is 12.6. The average Bonchev–Trinajstić information content (AvgIpc) is 2.97. The van der Waals surface area contributed by atoms with Crippen LogP contribution in [0.1, 0.15) is 16.7 Å². The Hall–Kier alpha value is -2.57. The Balaban J connectivity index is 1.63. The van der Waals surface area contributed by atoms with Gasteiger partial charge in [-0.25, -0.2) is 0 Å². The van der Waals surface area contributed by atoms with Crippen LogP contribution in [-0.4, -0.2) is 34.2 Å². The number of anilines is 1. The minimum Gasteiger partial charge on any atom is -0.392 e. The van der Waals surface area contributed by atoms with Gasteiger partial charge < -0.3 is 15.3 Å². The molecule has 1 aliphatic heterocycles. The molecule has 0 atom stereocenters. The smallest absolute Gasteiger partial charge is 0.261 e. The highest BCUT2D eigenvalue weighted by Crippen LogP contribution is 2.29. The molecule has 1 saturated heterocycles. The van der Waals surface area contributed by atoms with E-state index in [0.717, 1.165) is 5.56 Å². The first-order valence-electron chi connectivity index (χ1n) is 8.26. The fraction of sp³-hybridized carbons (Fsp3) is 0.200. The predicted octanol–water partition coefficient (Wildman–Crippen LogP) is 3.00. The highest BCUT2D eigenvalue weighted by atomic mass is 32.2. The summed E-state index contributed by atoms with van der Waals surface area (Å²) in [5.74, 6) is 0.0311. The number of aryl methyl sites for hydroxylation is 1. The van der Waals surface area contributed by atoms with Crippen molar-refractivity contribution in [1.82, 2.24) is 4.90 Å². The van der Waals surface area contributed by atoms with E-state index >= 15 is 0 Å². The normalized spacial score (nSPS) is 15.5. The lowest BCUT2D eigenvalue weighted by atomic mass is 10.1. The van der Waals surface area contributed by atoms with Crippen LogP contribution < -0.4 is 5.32 Å². The van der Waals surface area contributed by atoms with E-state index in [1.165, 1.54) is 22.2 Å². The van der Waals surface area contributed by atoms with Gasteiger partial charge in [0.15, 0.2) is 0 Å². The highest BCUT2D eigenvalue weighted by Gasteiger charge is 2.28. The maximum absolute atomic E-state index is 12.5. The van der Waals surface area contributed by atoms with E-state index in [4.69, 9.17) is 0 Å². The fourth-order valence-electron chi connectivity index (χ4n) is 2.60. The molecule has 3 rings (SSSR count). The van der Waals surface area contributed by atoms with Gasteiger partial charge in [-0.1, -0.05) is 59.8 Å². The van der Waals surface area contributed by atoms with Crippen LogP contribution in [0.4, 0.5) is 5.69 Å².